The zero-order valence-electron chi connectivity index (χ0n) is 11.1. The van der Waals surface area contributed by atoms with Crippen molar-refractivity contribution >= 4 is 28.2 Å². The summed E-state index contributed by atoms with van der Waals surface area (Å²) in [5, 5.41) is 14.1. The van der Waals surface area contributed by atoms with E-state index in [1.165, 1.54) is 0 Å². The highest BCUT2D eigenvalue weighted by Crippen LogP contribution is 2.31. The average Bonchev–Trinajstić information content (AvgIpc) is 2.42. The Morgan fingerprint density at radius 2 is 2.30 bits per heavy atom. The number of ether oxygens (including phenoxy) is 1. The molecule has 0 radical (unpaired) electrons. The second-order valence-electron chi connectivity index (χ2n) is 5.48. The van der Waals surface area contributed by atoms with Gasteiger partial charge in [-0.05, 0) is 18.2 Å². The van der Waals surface area contributed by atoms with Gasteiger partial charge in [0.15, 0.2) is 0 Å². The highest BCUT2D eigenvalue weighted by Gasteiger charge is 2.33. The summed E-state index contributed by atoms with van der Waals surface area (Å²) in [6.45, 7) is 4.40. The van der Waals surface area contributed by atoms with E-state index in [0.717, 1.165) is 36.3 Å². The van der Waals surface area contributed by atoms with E-state index in [1.807, 2.05) is 12.1 Å². The third-order valence-corrected chi connectivity index (χ3v) is 3.78. The standard InChI is InChI=1S/C15H14ClN3O/c1-15(8-20-9-15)7-19-14-10(5-17)6-18-13-3-2-11(16)4-12(13)14/h2-4,6H,7-9H2,1H3,(H,18,19). The first-order valence-electron chi connectivity index (χ1n) is 6.41. The predicted octanol–water partition coefficient (Wildman–Crippen LogP) is 3.21. The van der Waals surface area contributed by atoms with Gasteiger partial charge in [0.2, 0.25) is 0 Å². The third kappa shape index (κ3) is 2.31. The van der Waals surface area contributed by atoms with Gasteiger partial charge < -0.3 is 10.1 Å². The zero-order valence-corrected chi connectivity index (χ0v) is 11.9. The van der Waals surface area contributed by atoms with Crippen molar-refractivity contribution in [3.8, 4) is 6.07 Å². The smallest absolute Gasteiger partial charge is 0.103 e. The number of nitrogens with zero attached hydrogens (tertiary/aromatic N) is 2. The Labute approximate surface area is 122 Å². The maximum Gasteiger partial charge on any atom is 0.103 e. The minimum Gasteiger partial charge on any atom is -0.383 e. The molecule has 1 aliphatic heterocycles. The summed E-state index contributed by atoms with van der Waals surface area (Å²) in [7, 11) is 0. The first kappa shape index (κ1) is 13.2. The maximum absolute atomic E-state index is 9.26. The van der Waals surface area contributed by atoms with Gasteiger partial charge in [0.25, 0.3) is 0 Å². The van der Waals surface area contributed by atoms with Crippen molar-refractivity contribution < 1.29 is 4.74 Å². The highest BCUT2D eigenvalue weighted by molar-refractivity contribution is 6.31. The molecule has 1 N–H and O–H groups in total. The van der Waals surface area contributed by atoms with Crippen molar-refractivity contribution in [2.75, 3.05) is 25.1 Å². The second-order valence-corrected chi connectivity index (χ2v) is 5.91. The summed E-state index contributed by atoms with van der Waals surface area (Å²) in [6.07, 6.45) is 1.60. The number of benzene rings is 1. The SMILES string of the molecule is CC1(CNc2c(C#N)cnc3ccc(Cl)cc23)COC1. The van der Waals surface area contributed by atoms with Gasteiger partial charge in [-0.25, -0.2) is 0 Å². The van der Waals surface area contributed by atoms with Gasteiger partial charge in [-0.1, -0.05) is 18.5 Å². The number of rotatable bonds is 3. The average molecular weight is 288 g/mol. The van der Waals surface area contributed by atoms with Crippen molar-refractivity contribution in [3.05, 3.63) is 35.0 Å². The topological polar surface area (TPSA) is 57.9 Å². The van der Waals surface area contributed by atoms with Crippen LogP contribution in [0.15, 0.2) is 24.4 Å². The molecule has 1 fully saturated rings. The van der Waals surface area contributed by atoms with Crippen molar-refractivity contribution in [2.24, 2.45) is 5.41 Å². The van der Waals surface area contributed by atoms with Crippen LogP contribution in [0, 0.1) is 16.7 Å². The molecule has 0 unspecified atom stereocenters. The lowest BCUT2D eigenvalue weighted by atomic mass is 9.88. The minimum atomic E-state index is 0.126. The van der Waals surface area contributed by atoms with Crippen LogP contribution in [0.2, 0.25) is 5.02 Å². The molecule has 1 saturated heterocycles. The van der Waals surface area contributed by atoms with Crippen LogP contribution < -0.4 is 5.32 Å². The van der Waals surface area contributed by atoms with Gasteiger partial charge in [-0.2, -0.15) is 5.26 Å². The zero-order chi connectivity index (χ0) is 14.2. The van der Waals surface area contributed by atoms with E-state index in [2.05, 4.69) is 23.3 Å². The number of nitriles is 1. The molecule has 2 heterocycles. The van der Waals surface area contributed by atoms with Crippen LogP contribution in [0.4, 0.5) is 5.69 Å². The molecule has 1 aromatic carbocycles. The fourth-order valence-electron chi connectivity index (χ4n) is 2.29. The Balaban J connectivity index is 2.01. The molecule has 4 nitrogen and oxygen atoms in total. The molecule has 0 aliphatic carbocycles. The summed E-state index contributed by atoms with van der Waals surface area (Å²) in [6, 6.07) is 7.68. The normalized spacial score (nSPS) is 16.4. The lowest BCUT2D eigenvalue weighted by molar-refractivity contribution is -0.0924. The van der Waals surface area contributed by atoms with Crippen molar-refractivity contribution in [2.45, 2.75) is 6.92 Å². The predicted molar refractivity (Wildman–Crippen MR) is 78.9 cm³/mol. The minimum absolute atomic E-state index is 0.126. The van der Waals surface area contributed by atoms with E-state index in [1.54, 1.807) is 12.3 Å². The Morgan fingerprint density at radius 3 is 2.95 bits per heavy atom. The molecule has 5 heteroatoms. The van der Waals surface area contributed by atoms with Crippen LogP contribution in [-0.4, -0.2) is 24.7 Å². The Kier molecular flexibility index (Phi) is 3.25. The van der Waals surface area contributed by atoms with E-state index >= 15 is 0 Å². The van der Waals surface area contributed by atoms with Crippen LogP contribution >= 0.6 is 11.6 Å². The maximum atomic E-state index is 9.26. The summed E-state index contributed by atoms with van der Waals surface area (Å²) in [4.78, 5) is 4.29. The van der Waals surface area contributed by atoms with Crippen LogP contribution in [0.1, 0.15) is 12.5 Å². The quantitative estimate of drug-likeness (QED) is 0.942. The molecule has 20 heavy (non-hydrogen) atoms. The lowest BCUT2D eigenvalue weighted by Gasteiger charge is -2.38. The molecule has 2 aromatic rings. The van der Waals surface area contributed by atoms with E-state index in [0.29, 0.717) is 10.6 Å². The largest absolute Gasteiger partial charge is 0.383 e. The molecule has 102 valence electrons. The van der Waals surface area contributed by atoms with Gasteiger partial charge in [0.05, 0.1) is 30.0 Å². The van der Waals surface area contributed by atoms with E-state index < -0.39 is 0 Å². The molecule has 1 aliphatic rings. The monoisotopic (exact) mass is 287 g/mol. The summed E-state index contributed by atoms with van der Waals surface area (Å²) >= 11 is 6.06. The molecule has 0 amide bonds. The number of pyridine rings is 1. The Hall–Kier alpha value is -1.83. The van der Waals surface area contributed by atoms with E-state index in [4.69, 9.17) is 16.3 Å². The molecule has 3 rings (SSSR count). The van der Waals surface area contributed by atoms with Gasteiger partial charge in [-0.3, -0.25) is 4.98 Å². The van der Waals surface area contributed by atoms with Crippen LogP contribution in [0.25, 0.3) is 10.9 Å². The van der Waals surface area contributed by atoms with Crippen molar-refractivity contribution in [3.63, 3.8) is 0 Å². The number of nitrogens with one attached hydrogen (secondary N) is 1. The number of fused-ring (bicyclic) bond motifs is 1. The number of hydrogen-bond donors (Lipinski definition) is 1. The fourth-order valence-corrected chi connectivity index (χ4v) is 2.47. The van der Waals surface area contributed by atoms with Crippen LogP contribution in [0.3, 0.4) is 0 Å². The Morgan fingerprint density at radius 1 is 1.50 bits per heavy atom. The Bertz CT molecular complexity index is 704. The lowest BCUT2D eigenvalue weighted by Crippen LogP contribution is -2.45. The number of aromatic nitrogens is 1. The molecule has 1 aromatic heterocycles. The fraction of sp³-hybridized carbons (Fsp3) is 0.333. The molecular weight excluding hydrogens is 274 g/mol. The number of anilines is 1. The molecule has 0 spiro atoms. The van der Waals surface area contributed by atoms with Crippen LogP contribution in [-0.2, 0) is 4.74 Å². The molecule has 0 saturated carbocycles. The highest BCUT2D eigenvalue weighted by atomic mass is 35.5. The van der Waals surface area contributed by atoms with Gasteiger partial charge in [-0.15, -0.1) is 0 Å². The first-order chi connectivity index (χ1) is 9.61. The summed E-state index contributed by atoms with van der Waals surface area (Å²) in [5.74, 6) is 0. The van der Waals surface area contributed by atoms with Crippen molar-refractivity contribution in [1.29, 1.82) is 5.26 Å². The summed E-state index contributed by atoms with van der Waals surface area (Å²) in [5.41, 5.74) is 2.28. The van der Waals surface area contributed by atoms with Crippen molar-refractivity contribution in [1.82, 2.24) is 4.98 Å². The first-order valence-corrected chi connectivity index (χ1v) is 6.79. The van der Waals surface area contributed by atoms with Gasteiger partial charge >= 0.3 is 0 Å². The van der Waals surface area contributed by atoms with Gasteiger partial charge in [0.1, 0.15) is 6.07 Å². The summed E-state index contributed by atoms with van der Waals surface area (Å²) < 4.78 is 5.25. The van der Waals surface area contributed by atoms with E-state index in [9.17, 15) is 5.26 Å². The number of halogens is 1. The second kappa shape index (κ2) is 4.93. The number of hydrogen-bond acceptors (Lipinski definition) is 4. The van der Waals surface area contributed by atoms with Crippen LogP contribution in [0.5, 0.6) is 0 Å². The molecular formula is C15H14ClN3O. The van der Waals surface area contributed by atoms with E-state index in [-0.39, 0.29) is 5.41 Å². The van der Waals surface area contributed by atoms with Gasteiger partial charge in [0, 0.05) is 28.6 Å². The third-order valence-electron chi connectivity index (χ3n) is 3.54. The molecule has 0 bridgehead atoms. The molecule has 0 atom stereocenters.